The molecule has 29 heavy (non-hydrogen) atoms. The third-order valence-corrected chi connectivity index (χ3v) is 5.92. The summed E-state index contributed by atoms with van der Waals surface area (Å²) < 4.78 is 0. The molecule has 1 aromatic heterocycles. The summed E-state index contributed by atoms with van der Waals surface area (Å²) in [6.07, 6.45) is 2.55. The monoisotopic (exact) mass is 413 g/mol. The van der Waals surface area contributed by atoms with Crippen molar-refractivity contribution in [3.63, 3.8) is 0 Å². The minimum atomic E-state index is -0.646. The smallest absolute Gasteiger partial charge is 0.262 e. The van der Waals surface area contributed by atoms with E-state index in [1.54, 1.807) is 11.0 Å². The van der Waals surface area contributed by atoms with Gasteiger partial charge >= 0.3 is 0 Å². The highest BCUT2D eigenvalue weighted by atomic mass is 32.1. The highest BCUT2D eigenvalue weighted by molar-refractivity contribution is 7.12. The summed E-state index contributed by atoms with van der Waals surface area (Å²) in [5.74, 6) is -0.340. The fourth-order valence-corrected chi connectivity index (χ4v) is 4.16. The number of carbonyl (C=O) groups is 3. The molecule has 0 spiro atoms. The van der Waals surface area contributed by atoms with Crippen LogP contribution in [0.15, 0.2) is 47.8 Å². The van der Waals surface area contributed by atoms with Crippen LogP contribution >= 0.6 is 11.3 Å². The molecule has 2 heterocycles. The molecule has 3 rings (SSSR count). The van der Waals surface area contributed by atoms with Gasteiger partial charge in [0.05, 0.1) is 4.88 Å². The third-order valence-electron chi connectivity index (χ3n) is 5.05. The Bertz CT molecular complexity index is 823. The van der Waals surface area contributed by atoms with Crippen LogP contribution in [0.4, 0.5) is 0 Å². The summed E-state index contributed by atoms with van der Waals surface area (Å²) in [6.45, 7) is 2.93. The van der Waals surface area contributed by atoms with Crippen molar-refractivity contribution in [1.82, 2.24) is 15.5 Å². The number of nitrogens with one attached hydrogen (secondary N) is 2. The van der Waals surface area contributed by atoms with Gasteiger partial charge in [-0.1, -0.05) is 43.3 Å². The molecular formula is C22H27N3O3S. The number of likely N-dealkylation sites (tertiary alicyclic amines) is 1. The van der Waals surface area contributed by atoms with Crippen molar-refractivity contribution in [2.75, 3.05) is 13.1 Å². The van der Waals surface area contributed by atoms with E-state index >= 15 is 0 Å². The number of amides is 3. The molecule has 6 nitrogen and oxygen atoms in total. The molecular weight excluding hydrogens is 386 g/mol. The minimum Gasteiger partial charge on any atom is -0.352 e. The van der Waals surface area contributed by atoms with Crippen molar-refractivity contribution in [2.45, 2.75) is 44.7 Å². The Balaban J connectivity index is 1.72. The lowest BCUT2D eigenvalue weighted by Gasteiger charge is -2.35. The molecule has 2 aromatic rings. The molecule has 154 valence electrons. The van der Waals surface area contributed by atoms with Gasteiger partial charge in [-0.15, -0.1) is 11.3 Å². The van der Waals surface area contributed by atoms with Crippen LogP contribution in [0.1, 0.15) is 41.4 Å². The average Bonchev–Trinajstić information content (AvgIpc) is 3.28. The Morgan fingerprint density at radius 1 is 1.17 bits per heavy atom. The number of hydrogen-bond donors (Lipinski definition) is 2. The van der Waals surface area contributed by atoms with Crippen molar-refractivity contribution in [1.29, 1.82) is 0 Å². The fourth-order valence-electron chi connectivity index (χ4n) is 3.53. The molecule has 1 aromatic carbocycles. The molecule has 1 saturated heterocycles. The Morgan fingerprint density at radius 2 is 1.97 bits per heavy atom. The average molecular weight is 414 g/mol. The first-order valence-electron chi connectivity index (χ1n) is 10.0. The van der Waals surface area contributed by atoms with Gasteiger partial charge in [0.25, 0.3) is 5.91 Å². The molecule has 1 fully saturated rings. The first kappa shape index (κ1) is 21.0. The standard InChI is InChI=1S/C22H27N3O3S/c1-2-20(26)23-17-10-6-12-25(15-17)22(28)18(14-16-8-4-3-5-9-16)24-21(27)19-11-7-13-29-19/h3-5,7-9,11,13,17-18H,2,6,10,12,14-15H2,1H3,(H,23,26)(H,24,27). The topological polar surface area (TPSA) is 78.5 Å². The molecule has 2 unspecified atom stereocenters. The minimum absolute atomic E-state index is 0.00358. The molecule has 1 aliphatic rings. The van der Waals surface area contributed by atoms with Crippen LogP contribution in [-0.2, 0) is 16.0 Å². The zero-order valence-corrected chi connectivity index (χ0v) is 17.4. The maximum absolute atomic E-state index is 13.3. The van der Waals surface area contributed by atoms with Crippen molar-refractivity contribution in [2.24, 2.45) is 0 Å². The number of benzene rings is 1. The second kappa shape index (κ2) is 10.2. The lowest BCUT2D eigenvalue weighted by atomic mass is 10.0. The number of rotatable bonds is 7. The van der Waals surface area contributed by atoms with Crippen molar-refractivity contribution < 1.29 is 14.4 Å². The summed E-state index contributed by atoms with van der Waals surface area (Å²) in [4.78, 5) is 40.0. The van der Waals surface area contributed by atoms with Crippen molar-refractivity contribution >= 4 is 29.1 Å². The van der Waals surface area contributed by atoms with Gasteiger partial charge in [-0.25, -0.2) is 0 Å². The molecule has 2 atom stereocenters. The zero-order valence-electron chi connectivity index (χ0n) is 16.6. The van der Waals surface area contributed by atoms with Crippen LogP contribution in [0.2, 0.25) is 0 Å². The molecule has 3 amide bonds. The predicted molar refractivity (Wildman–Crippen MR) is 114 cm³/mol. The van der Waals surface area contributed by atoms with Crippen LogP contribution in [0.5, 0.6) is 0 Å². The summed E-state index contributed by atoms with van der Waals surface area (Å²) in [6, 6.07) is 12.6. The highest BCUT2D eigenvalue weighted by Gasteiger charge is 2.31. The molecule has 0 bridgehead atoms. The van der Waals surface area contributed by atoms with E-state index in [0.29, 0.717) is 30.8 Å². The Kier molecular flexibility index (Phi) is 7.41. The number of piperidine rings is 1. The van der Waals surface area contributed by atoms with Crippen LogP contribution in [0, 0.1) is 0 Å². The highest BCUT2D eigenvalue weighted by Crippen LogP contribution is 2.15. The lowest BCUT2D eigenvalue weighted by Crippen LogP contribution is -2.55. The number of thiophene rings is 1. The Hall–Kier alpha value is -2.67. The van der Waals surface area contributed by atoms with Gasteiger partial charge in [-0.2, -0.15) is 0 Å². The lowest BCUT2D eigenvalue weighted by molar-refractivity contribution is -0.135. The quantitative estimate of drug-likeness (QED) is 0.732. The van der Waals surface area contributed by atoms with E-state index in [-0.39, 0.29) is 23.8 Å². The molecule has 0 radical (unpaired) electrons. The molecule has 0 aliphatic carbocycles. The predicted octanol–water partition coefficient (Wildman–Crippen LogP) is 2.61. The first-order chi connectivity index (χ1) is 14.1. The van der Waals surface area contributed by atoms with E-state index in [0.717, 1.165) is 18.4 Å². The van der Waals surface area contributed by atoms with E-state index in [4.69, 9.17) is 0 Å². The van der Waals surface area contributed by atoms with Gasteiger partial charge in [0, 0.05) is 32.0 Å². The van der Waals surface area contributed by atoms with Gasteiger partial charge in [0.15, 0.2) is 0 Å². The van der Waals surface area contributed by atoms with Gasteiger partial charge in [0.2, 0.25) is 11.8 Å². The largest absolute Gasteiger partial charge is 0.352 e. The second-order valence-electron chi connectivity index (χ2n) is 7.24. The maximum atomic E-state index is 13.3. The number of nitrogens with zero attached hydrogens (tertiary/aromatic N) is 1. The molecule has 0 saturated carbocycles. The van der Waals surface area contributed by atoms with E-state index in [1.165, 1.54) is 11.3 Å². The van der Waals surface area contributed by atoms with Gasteiger partial charge in [-0.05, 0) is 29.9 Å². The Labute approximate surface area is 175 Å². The van der Waals surface area contributed by atoms with Crippen LogP contribution in [-0.4, -0.2) is 47.8 Å². The van der Waals surface area contributed by atoms with Gasteiger partial charge in [0.1, 0.15) is 6.04 Å². The first-order valence-corrected chi connectivity index (χ1v) is 10.9. The van der Waals surface area contributed by atoms with Crippen molar-refractivity contribution in [3.8, 4) is 0 Å². The number of hydrogen-bond acceptors (Lipinski definition) is 4. The van der Waals surface area contributed by atoms with E-state index in [2.05, 4.69) is 10.6 Å². The maximum Gasteiger partial charge on any atom is 0.262 e. The summed E-state index contributed by atoms with van der Waals surface area (Å²) in [5, 5.41) is 7.75. The van der Waals surface area contributed by atoms with Gasteiger partial charge < -0.3 is 15.5 Å². The summed E-state index contributed by atoms with van der Waals surface area (Å²) >= 11 is 1.35. The van der Waals surface area contributed by atoms with Crippen molar-refractivity contribution in [3.05, 3.63) is 58.3 Å². The van der Waals surface area contributed by atoms with Crippen LogP contribution < -0.4 is 10.6 Å². The molecule has 1 aliphatic heterocycles. The zero-order chi connectivity index (χ0) is 20.6. The second-order valence-corrected chi connectivity index (χ2v) is 8.19. The summed E-state index contributed by atoms with van der Waals surface area (Å²) in [5.41, 5.74) is 0.991. The van der Waals surface area contributed by atoms with Crippen LogP contribution in [0.3, 0.4) is 0 Å². The molecule has 2 N–H and O–H groups in total. The molecule has 7 heteroatoms. The fraction of sp³-hybridized carbons (Fsp3) is 0.409. The number of carbonyl (C=O) groups excluding carboxylic acids is 3. The van der Waals surface area contributed by atoms with E-state index < -0.39 is 6.04 Å². The SMILES string of the molecule is CCC(=O)NC1CCCN(C(=O)C(Cc2ccccc2)NC(=O)c2cccs2)C1. The summed E-state index contributed by atoms with van der Waals surface area (Å²) in [7, 11) is 0. The Morgan fingerprint density at radius 3 is 2.66 bits per heavy atom. The van der Waals surface area contributed by atoms with Gasteiger partial charge in [-0.3, -0.25) is 14.4 Å². The third kappa shape index (κ3) is 5.90. The normalized spacial score (nSPS) is 17.4. The van der Waals surface area contributed by atoms with Crippen LogP contribution in [0.25, 0.3) is 0 Å². The van der Waals surface area contributed by atoms with E-state index in [9.17, 15) is 14.4 Å². The van der Waals surface area contributed by atoms with E-state index in [1.807, 2.05) is 48.7 Å².